The number of unbranched alkanes of at least 4 members (excludes halogenated alkanes) is 1. The second kappa shape index (κ2) is 6.00. The fourth-order valence-electron chi connectivity index (χ4n) is 1.37. The van der Waals surface area contributed by atoms with E-state index in [2.05, 4.69) is 35.8 Å². The molecule has 0 aliphatic rings. The number of halogens is 1. The molecule has 1 N–H and O–H groups in total. The molecule has 2 rings (SSSR count). The van der Waals surface area contributed by atoms with Gasteiger partial charge in [-0.2, -0.15) is 0 Å². The number of thiazole rings is 1. The summed E-state index contributed by atoms with van der Waals surface area (Å²) in [4.78, 5) is 8.27. The van der Waals surface area contributed by atoms with Crippen molar-refractivity contribution in [3.05, 3.63) is 28.7 Å². The van der Waals surface area contributed by atoms with Crippen molar-refractivity contribution in [2.24, 2.45) is 0 Å². The highest BCUT2D eigenvalue weighted by Crippen LogP contribution is 2.19. The van der Waals surface area contributed by atoms with Crippen LogP contribution < -0.4 is 5.32 Å². The Labute approximate surface area is 107 Å². The Morgan fingerprint density at radius 2 is 2.38 bits per heavy atom. The van der Waals surface area contributed by atoms with Crippen LogP contribution in [0.5, 0.6) is 0 Å². The molecule has 0 unspecified atom stereocenters. The molecule has 0 amide bonds. The summed E-state index contributed by atoms with van der Waals surface area (Å²) >= 11 is 4.95. The fourth-order valence-corrected chi connectivity index (χ4v) is 2.54. The van der Waals surface area contributed by atoms with Crippen molar-refractivity contribution in [3.63, 3.8) is 0 Å². The predicted octanol–water partition coefficient (Wildman–Crippen LogP) is 2.99. The second-order valence-corrected chi connectivity index (χ2v) is 5.08. The molecular formula is C10H13BrN4S. The van der Waals surface area contributed by atoms with Gasteiger partial charge in [0.2, 0.25) is 0 Å². The average molecular weight is 301 g/mol. The van der Waals surface area contributed by atoms with E-state index >= 15 is 0 Å². The summed E-state index contributed by atoms with van der Waals surface area (Å²) in [5, 5.41) is 6.26. The Hall–Kier alpha value is -0.880. The SMILES string of the molecule is Brc1csc(NCCCCn2ccnc2)n1. The van der Waals surface area contributed by atoms with Crippen LogP contribution in [0.2, 0.25) is 0 Å². The van der Waals surface area contributed by atoms with Crippen molar-refractivity contribution in [1.29, 1.82) is 0 Å². The number of hydrogen-bond acceptors (Lipinski definition) is 4. The minimum absolute atomic E-state index is 0.901. The number of anilines is 1. The first kappa shape index (κ1) is 11.6. The van der Waals surface area contributed by atoms with Crippen LogP contribution in [0.15, 0.2) is 28.7 Å². The zero-order valence-corrected chi connectivity index (χ0v) is 11.2. The predicted molar refractivity (Wildman–Crippen MR) is 69.8 cm³/mol. The number of imidazole rings is 1. The zero-order chi connectivity index (χ0) is 11.2. The first-order valence-electron chi connectivity index (χ1n) is 5.15. The van der Waals surface area contributed by atoms with Crippen LogP contribution in [0.25, 0.3) is 0 Å². The highest BCUT2D eigenvalue weighted by atomic mass is 79.9. The van der Waals surface area contributed by atoms with Gasteiger partial charge in [0, 0.05) is 30.9 Å². The lowest BCUT2D eigenvalue weighted by atomic mass is 10.3. The van der Waals surface area contributed by atoms with Crippen molar-refractivity contribution in [2.75, 3.05) is 11.9 Å². The maximum atomic E-state index is 4.27. The number of nitrogens with one attached hydrogen (secondary N) is 1. The first-order valence-corrected chi connectivity index (χ1v) is 6.82. The van der Waals surface area contributed by atoms with Crippen LogP contribution in [0.1, 0.15) is 12.8 Å². The summed E-state index contributed by atoms with van der Waals surface area (Å²) in [7, 11) is 0. The van der Waals surface area contributed by atoms with Crippen molar-refractivity contribution < 1.29 is 0 Å². The third kappa shape index (κ3) is 3.61. The molecule has 86 valence electrons. The van der Waals surface area contributed by atoms with Crippen molar-refractivity contribution in [2.45, 2.75) is 19.4 Å². The molecule has 0 spiro atoms. The van der Waals surface area contributed by atoms with E-state index in [1.165, 1.54) is 0 Å². The van der Waals surface area contributed by atoms with E-state index < -0.39 is 0 Å². The third-order valence-electron chi connectivity index (χ3n) is 2.15. The molecule has 0 atom stereocenters. The van der Waals surface area contributed by atoms with Gasteiger partial charge >= 0.3 is 0 Å². The summed E-state index contributed by atoms with van der Waals surface area (Å²) in [6.45, 7) is 2.00. The number of hydrogen-bond donors (Lipinski definition) is 1. The summed E-state index contributed by atoms with van der Waals surface area (Å²) in [6.07, 6.45) is 7.94. The van der Waals surface area contributed by atoms with Crippen molar-refractivity contribution >= 4 is 32.4 Å². The number of aromatic nitrogens is 3. The van der Waals surface area contributed by atoms with Crippen LogP contribution in [0.3, 0.4) is 0 Å². The molecule has 0 aliphatic heterocycles. The largest absolute Gasteiger partial charge is 0.361 e. The number of nitrogens with zero attached hydrogens (tertiary/aromatic N) is 3. The topological polar surface area (TPSA) is 42.7 Å². The molecule has 16 heavy (non-hydrogen) atoms. The Balaban J connectivity index is 1.59. The number of rotatable bonds is 6. The van der Waals surface area contributed by atoms with Gasteiger partial charge in [-0.3, -0.25) is 0 Å². The van der Waals surface area contributed by atoms with E-state index in [9.17, 15) is 0 Å². The molecule has 6 heteroatoms. The fraction of sp³-hybridized carbons (Fsp3) is 0.400. The van der Waals surface area contributed by atoms with Gasteiger partial charge in [-0.15, -0.1) is 11.3 Å². The summed E-state index contributed by atoms with van der Waals surface area (Å²) in [5.41, 5.74) is 0. The summed E-state index contributed by atoms with van der Waals surface area (Å²) in [5.74, 6) is 0. The lowest BCUT2D eigenvalue weighted by molar-refractivity contribution is 0.621. The average Bonchev–Trinajstić information content (AvgIpc) is 2.89. The van der Waals surface area contributed by atoms with E-state index in [-0.39, 0.29) is 0 Å². The maximum Gasteiger partial charge on any atom is 0.183 e. The first-order chi connectivity index (χ1) is 7.84. The molecule has 0 saturated carbocycles. The van der Waals surface area contributed by atoms with Gasteiger partial charge in [-0.05, 0) is 28.8 Å². The monoisotopic (exact) mass is 300 g/mol. The number of aryl methyl sites for hydroxylation is 1. The minimum Gasteiger partial charge on any atom is -0.361 e. The van der Waals surface area contributed by atoms with Crippen LogP contribution in [-0.2, 0) is 6.54 Å². The van der Waals surface area contributed by atoms with Crippen LogP contribution >= 0.6 is 27.3 Å². The highest BCUT2D eigenvalue weighted by molar-refractivity contribution is 9.10. The summed E-state index contributed by atoms with van der Waals surface area (Å²) < 4.78 is 3.00. The zero-order valence-electron chi connectivity index (χ0n) is 8.77. The van der Waals surface area contributed by atoms with E-state index in [4.69, 9.17) is 0 Å². The molecule has 2 heterocycles. The molecule has 0 radical (unpaired) electrons. The van der Waals surface area contributed by atoms with Crippen LogP contribution in [-0.4, -0.2) is 21.1 Å². The van der Waals surface area contributed by atoms with Gasteiger partial charge in [0.1, 0.15) is 4.60 Å². The molecule has 0 bridgehead atoms. The Bertz CT molecular complexity index is 412. The van der Waals surface area contributed by atoms with Crippen molar-refractivity contribution in [3.8, 4) is 0 Å². The van der Waals surface area contributed by atoms with E-state index in [0.717, 1.165) is 35.7 Å². The van der Waals surface area contributed by atoms with E-state index in [1.807, 2.05) is 24.1 Å². The molecule has 0 fully saturated rings. The molecule has 4 nitrogen and oxygen atoms in total. The second-order valence-electron chi connectivity index (χ2n) is 3.41. The quantitative estimate of drug-likeness (QED) is 0.834. The third-order valence-corrected chi connectivity index (χ3v) is 3.66. The standard InChI is InChI=1S/C10H13BrN4S/c11-9-7-16-10(14-9)13-3-1-2-5-15-6-4-12-8-15/h4,6-8H,1-3,5H2,(H,13,14). The van der Waals surface area contributed by atoms with E-state index in [1.54, 1.807) is 11.3 Å². The summed E-state index contributed by atoms with van der Waals surface area (Å²) in [6, 6.07) is 0. The Morgan fingerprint density at radius 3 is 3.06 bits per heavy atom. The van der Waals surface area contributed by atoms with E-state index in [0.29, 0.717) is 0 Å². The minimum atomic E-state index is 0.901. The van der Waals surface area contributed by atoms with Crippen molar-refractivity contribution in [1.82, 2.24) is 14.5 Å². The molecular weight excluding hydrogens is 288 g/mol. The Morgan fingerprint density at radius 1 is 1.44 bits per heavy atom. The lowest BCUT2D eigenvalue weighted by Gasteiger charge is -2.03. The van der Waals surface area contributed by atoms with Gasteiger partial charge in [-0.1, -0.05) is 0 Å². The normalized spacial score (nSPS) is 10.6. The highest BCUT2D eigenvalue weighted by Gasteiger charge is 1.97. The smallest absolute Gasteiger partial charge is 0.183 e. The van der Waals surface area contributed by atoms with Gasteiger partial charge in [0.25, 0.3) is 0 Å². The molecule has 0 saturated heterocycles. The maximum absolute atomic E-state index is 4.27. The van der Waals surface area contributed by atoms with Crippen LogP contribution in [0, 0.1) is 0 Å². The van der Waals surface area contributed by atoms with Crippen LogP contribution in [0.4, 0.5) is 5.13 Å². The molecule has 2 aromatic rings. The Kier molecular flexibility index (Phi) is 4.35. The lowest BCUT2D eigenvalue weighted by Crippen LogP contribution is -2.03. The van der Waals surface area contributed by atoms with Gasteiger partial charge in [0.15, 0.2) is 5.13 Å². The molecule has 2 aromatic heterocycles. The molecule has 0 aliphatic carbocycles. The van der Waals surface area contributed by atoms with Gasteiger partial charge in [-0.25, -0.2) is 9.97 Å². The molecule has 0 aromatic carbocycles. The van der Waals surface area contributed by atoms with Gasteiger partial charge in [0.05, 0.1) is 6.33 Å². The van der Waals surface area contributed by atoms with Gasteiger partial charge < -0.3 is 9.88 Å².